The van der Waals surface area contributed by atoms with Crippen molar-refractivity contribution >= 4 is 23.2 Å². The number of aliphatic hydroxyl groups is 1. The highest BCUT2D eigenvalue weighted by molar-refractivity contribution is 6.30. The Morgan fingerprint density at radius 1 is 1.50 bits per heavy atom. The van der Waals surface area contributed by atoms with Crippen LogP contribution in [0.25, 0.3) is 0 Å². The quantitative estimate of drug-likeness (QED) is 0.626. The lowest BCUT2D eigenvalue weighted by molar-refractivity contribution is -0.116. The first kappa shape index (κ1) is 16.5. The standard InChI is InChI=1S/C15H18ClNO3/c1-20-10-4-6-15(19)17-14-8-7-13(16)11-12(14)5-2-3-9-18/h7-8,11,18H,3-4,6,9-10H2,1H3,(H,17,19). The van der Waals surface area contributed by atoms with Gasteiger partial charge in [-0.3, -0.25) is 4.79 Å². The third kappa shape index (κ3) is 6.07. The average Bonchev–Trinajstić information content (AvgIpc) is 2.42. The third-order valence-electron chi connectivity index (χ3n) is 2.47. The van der Waals surface area contributed by atoms with Crippen LogP contribution < -0.4 is 5.32 Å². The Kier molecular flexibility index (Phi) is 7.74. The highest BCUT2D eigenvalue weighted by atomic mass is 35.5. The molecule has 5 heteroatoms. The van der Waals surface area contributed by atoms with Crippen LogP contribution in [0, 0.1) is 11.8 Å². The summed E-state index contributed by atoms with van der Waals surface area (Å²) in [6, 6.07) is 5.11. The second-order valence-electron chi connectivity index (χ2n) is 4.11. The fourth-order valence-corrected chi connectivity index (χ4v) is 1.70. The summed E-state index contributed by atoms with van der Waals surface area (Å²) < 4.78 is 4.90. The Labute approximate surface area is 124 Å². The van der Waals surface area contributed by atoms with E-state index in [0.717, 1.165) is 0 Å². The van der Waals surface area contributed by atoms with E-state index in [1.165, 1.54) is 0 Å². The topological polar surface area (TPSA) is 58.6 Å². The Hall–Kier alpha value is -1.54. The SMILES string of the molecule is COCCCC(=O)Nc1ccc(Cl)cc1C#CCCO. The van der Waals surface area contributed by atoms with Crippen LogP contribution in [0.3, 0.4) is 0 Å². The maximum atomic E-state index is 11.8. The molecule has 0 saturated heterocycles. The lowest BCUT2D eigenvalue weighted by Gasteiger charge is -2.08. The van der Waals surface area contributed by atoms with Gasteiger partial charge >= 0.3 is 0 Å². The van der Waals surface area contributed by atoms with E-state index in [4.69, 9.17) is 21.4 Å². The molecule has 108 valence electrons. The zero-order chi connectivity index (χ0) is 14.8. The summed E-state index contributed by atoms with van der Waals surface area (Å²) in [6.07, 6.45) is 1.44. The molecule has 0 atom stereocenters. The maximum absolute atomic E-state index is 11.8. The Bertz CT molecular complexity index is 506. The van der Waals surface area contributed by atoms with Gasteiger partial charge in [-0.25, -0.2) is 0 Å². The number of hydrogen-bond donors (Lipinski definition) is 2. The van der Waals surface area contributed by atoms with Gasteiger partial charge in [-0.15, -0.1) is 0 Å². The van der Waals surface area contributed by atoms with Gasteiger partial charge in [-0.2, -0.15) is 0 Å². The molecule has 20 heavy (non-hydrogen) atoms. The lowest BCUT2D eigenvalue weighted by Crippen LogP contribution is -2.13. The van der Waals surface area contributed by atoms with Crippen molar-refractivity contribution in [3.63, 3.8) is 0 Å². The van der Waals surface area contributed by atoms with E-state index in [2.05, 4.69) is 17.2 Å². The fraction of sp³-hybridized carbons (Fsp3) is 0.400. The number of amides is 1. The summed E-state index contributed by atoms with van der Waals surface area (Å²) in [5.74, 6) is 5.62. The predicted molar refractivity (Wildman–Crippen MR) is 79.8 cm³/mol. The van der Waals surface area contributed by atoms with Crippen LogP contribution >= 0.6 is 11.6 Å². The van der Waals surface area contributed by atoms with Crippen LogP contribution in [-0.4, -0.2) is 31.3 Å². The zero-order valence-corrected chi connectivity index (χ0v) is 12.2. The van der Waals surface area contributed by atoms with Crippen molar-refractivity contribution in [2.75, 3.05) is 25.6 Å². The monoisotopic (exact) mass is 295 g/mol. The van der Waals surface area contributed by atoms with Gasteiger partial charge in [0, 0.05) is 37.1 Å². The van der Waals surface area contributed by atoms with E-state index in [9.17, 15) is 4.79 Å². The Balaban J connectivity index is 2.74. The van der Waals surface area contributed by atoms with Crippen molar-refractivity contribution in [3.05, 3.63) is 28.8 Å². The summed E-state index contributed by atoms with van der Waals surface area (Å²) in [6.45, 7) is 0.559. The van der Waals surface area contributed by atoms with E-state index in [1.54, 1.807) is 25.3 Å². The minimum atomic E-state index is -0.0884. The molecule has 2 N–H and O–H groups in total. The number of methoxy groups -OCH3 is 1. The summed E-state index contributed by atoms with van der Waals surface area (Å²) in [5, 5.41) is 12.1. The molecule has 0 heterocycles. The van der Waals surface area contributed by atoms with Crippen molar-refractivity contribution < 1.29 is 14.6 Å². The maximum Gasteiger partial charge on any atom is 0.224 e. The van der Waals surface area contributed by atoms with Crippen molar-refractivity contribution in [1.29, 1.82) is 0 Å². The van der Waals surface area contributed by atoms with E-state index in [0.29, 0.717) is 42.1 Å². The molecule has 1 rings (SSSR count). The van der Waals surface area contributed by atoms with Crippen LogP contribution in [0.4, 0.5) is 5.69 Å². The van der Waals surface area contributed by atoms with Crippen LogP contribution in [-0.2, 0) is 9.53 Å². The molecular weight excluding hydrogens is 278 g/mol. The van der Waals surface area contributed by atoms with Crippen LogP contribution in [0.2, 0.25) is 5.02 Å². The van der Waals surface area contributed by atoms with Crippen molar-refractivity contribution in [1.82, 2.24) is 0 Å². The largest absolute Gasteiger partial charge is 0.395 e. The average molecular weight is 296 g/mol. The van der Waals surface area contributed by atoms with E-state index >= 15 is 0 Å². The number of carbonyl (C=O) groups excluding carboxylic acids is 1. The lowest BCUT2D eigenvalue weighted by atomic mass is 10.1. The highest BCUT2D eigenvalue weighted by Gasteiger charge is 2.06. The molecule has 1 aromatic rings. The normalized spacial score (nSPS) is 9.75. The first-order valence-corrected chi connectivity index (χ1v) is 6.73. The summed E-state index contributed by atoms with van der Waals surface area (Å²) >= 11 is 5.92. The highest BCUT2D eigenvalue weighted by Crippen LogP contribution is 2.20. The number of benzene rings is 1. The Morgan fingerprint density at radius 2 is 2.30 bits per heavy atom. The van der Waals surface area contributed by atoms with Gasteiger partial charge in [-0.1, -0.05) is 23.4 Å². The predicted octanol–water partition coefficient (Wildman–Crippen LogP) is 2.44. The number of carbonyl (C=O) groups is 1. The zero-order valence-electron chi connectivity index (χ0n) is 11.4. The van der Waals surface area contributed by atoms with E-state index in [1.807, 2.05) is 0 Å². The Morgan fingerprint density at radius 3 is 3.00 bits per heavy atom. The number of halogens is 1. The van der Waals surface area contributed by atoms with Crippen molar-refractivity contribution in [2.24, 2.45) is 0 Å². The molecule has 0 saturated carbocycles. The molecule has 0 radical (unpaired) electrons. The second kappa shape index (κ2) is 9.38. The van der Waals surface area contributed by atoms with Gasteiger partial charge in [0.1, 0.15) is 0 Å². The molecule has 0 aliphatic heterocycles. The van der Waals surface area contributed by atoms with Gasteiger partial charge in [0.05, 0.1) is 12.3 Å². The molecule has 0 spiro atoms. The molecule has 0 unspecified atom stereocenters. The number of aliphatic hydroxyl groups excluding tert-OH is 1. The van der Waals surface area contributed by atoms with Crippen molar-refractivity contribution in [2.45, 2.75) is 19.3 Å². The van der Waals surface area contributed by atoms with Crippen LogP contribution in [0.15, 0.2) is 18.2 Å². The van der Waals surface area contributed by atoms with Gasteiger partial charge in [0.15, 0.2) is 0 Å². The molecule has 0 fully saturated rings. The third-order valence-corrected chi connectivity index (χ3v) is 2.70. The molecular formula is C15H18ClNO3. The number of nitrogens with one attached hydrogen (secondary N) is 1. The summed E-state index contributed by atoms with van der Waals surface area (Å²) in [7, 11) is 1.60. The van der Waals surface area contributed by atoms with Gasteiger partial charge in [0.2, 0.25) is 5.91 Å². The fourth-order valence-electron chi connectivity index (χ4n) is 1.53. The molecule has 1 aromatic carbocycles. The molecule has 4 nitrogen and oxygen atoms in total. The number of hydrogen-bond acceptors (Lipinski definition) is 3. The molecule has 0 aliphatic carbocycles. The minimum absolute atomic E-state index is 0.00623. The molecule has 0 aromatic heterocycles. The number of rotatable bonds is 6. The molecule has 0 aliphatic rings. The summed E-state index contributed by atoms with van der Waals surface area (Å²) in [4.78, 5) is 11.8. The minimum Gasteiger partial charge on any atom is -0.395 e. The number of ether oxygens (including phenoxy) is 1. The van der Waals surface area contributed by atoms with Gasteiger partial charge < -0.3 is 15.2 Å². The van der Waals surface area contributed by atoms with Crippen LogP contribution in [0.5, 0.6) is 0 Å². The van der Waals surface area contributed by atoms with Gasteiger partial charge in [-0.05, 0) is 24.6 Å². The number of anilines is 1. The summed E-state index contributed by atoms with van der Waals surface area (Å²) in [5.41, 5.74) is 1.27. The van der Waals surface area contributed by atoms with E-state index < -0.39 is 0 Å². The molecule has 1 amide bonds. The first-order valence-electron chi connectivity index (χ1n) is 6.35. The molecule has 0 bridgehead atoms. The second-order valence-corrected chi connectivity index (χ2v) is 4.55. The van der Waals surface area contributed by atoms with Crippen molar-refractivity contribution in [3.8, 4) is 11.8 Å². The van der Waals surface area contributed by atoms with E-state index in [-0.39, 0.29) is 12.5 Å². The first-order chi connectivity index (χ1) is 9.67. The van der Waals surface area contributed by atoms with Crippen LogP contribution in [0.1, 0.15) is 24.8 Å². The smallest absolute Gasteiger partial charge is 0.224 e. The van der Waals surface area contributed by atoms with Gasteiger partial charge in [0.25, 0.3) is 0 Å².